The fourth-order valence-corrected chi connectivity index (χ4v) is 2.13. The molecule has 4 nitrogen and oxygen atoms in total. The fourth-order valence-electron chi connectivity index (χ4n) is 1.29. The van der Waals surface area contributed by atoms with Crippen LogP contribution in [0.1, 0.15) is 16.5 Å². The van der Waals surface area contributed by atoms with Crippen molar-refractivity contribution in [2.24, 2.45) is 0 Å². The number of aryl methyl sites for hydroxylation is 2. The Kier molecular flexibility index (Phi) is 3.36. The molecule has 2 rings (SSSR count). The minimum atomic E-state index is 0.449. The third-order valence-electron chi connectivity index (χ3n) is 1.92. The predicted molar refractivity (Wildman–Crippen MR) is 66.0 cm³/mol. The fraction of sp³-hybridized carbons (Fsp3) is 0.300. The van der Waals surface area contributed by atoms with E-state index in [0.29, 0.717) is 17.5 Å². The molecule has 1 N–H and O–H groups in total. The second kappa shape index (κ2) is 4.76. The lowest BCUT2D eigenvalue weighted by molar-refractivity contribution is 0.999. The first kappa shape index (κ1) is 11.3. The molecule has 0 saturated carbocycles. The zero-order chi connectivity index (χ0) is 11.5. The first-order valence-electron chi connectivity index (χ1n) is 4.79. The summed E-state index contributed by atoms with van der Waals surface area (Å²) in [5.41, 5.74) is 1.01. The Bertz CT molecular complexity index is 477. The van der Waals surface area contributed by atoms with Gasteiger partial charge in [0.25, 0.3) is 0 Å². The van der Waals surface area contributed by atoms with Crippen LogP contribution in [0.4, 0.5) is 5.82 Å². The van der Waals surface area contributed by atoms with E-state index in [0.717, 1.165) is 16.5 Å². The molecule has 0 spiro atoms. The zero-order valence-corrected chi connectivity index (χ0v) is 10.6. The molecule has 16 heavy (non-hydrogen) atoms. The van der Waals surface area contributed by atoms with Gasteiger partial charge in [0.15, 0.2) is 0 Å². The van der Waals surface area contributed by atoms with E-state index in [1.807, 2.05) is 19.2 Å². The first-order chi connectivity index (χ1) is 7.63. The van der Waals surface area contributed by atoms with Crippen LogP contribution in [0.5, 0.6) is 0 Å². The molecular formula is C10H11ClN4S. The SMILES string of the molecule is Cc1nc(Cl)cc(NCc2csc(C)n2)n1. The number of hydrogen-bond acceptors (Lipinski definition) is 5. The Morgan fingerprint density at radius 2 is 2.12 bits per heavy atom. The van der Waals surface area contributed by atoms with Crippen molar-refractivity contribution in [2.45, 2.75) is 20.4 Å². The summed E-state index contributed by atoms with van der Waals surface area (Å²) in [6.07, 6.45) is 0. The molecule has 0 aliphatic carbocycles. The van der Waals surface area contributed by atoms with Crippen molar-refractivity contribution < 1.29 is 0 Å². The number of nitrogens with one attached hydrogen (secondary N) is 1. The number of nitrogens with zero attached hydrogens (tertiary/aromatic N) is 3. The Labute approximate surface area is 103 Å². The standard InChI is InChI=1S/C10H11ClN4S/c1-6-13-9(11)3-10(14-6)12-4-8-5-16-7(2)15-8/h3,5H,4H2,1-2H3,(H,12,13,14). The monoisotopic (exact) mass is 254 g/mol. The molecule has 6 heteroatoms. The molecule has 2 aromatic rings. The van der Waals surface area contributed by atoms with Crippen molar-refractivity contribution in [2.75, 3.05) is 5.32 Å². The lowest BCUT2D eigenvalue weighted by Gasteiger charge is -2.04. The van der Waals surface area contributed by atoms with Gasteiger partial charge in [-0.25, -0.2) is 15.0 Å². The van der Waals surface area contributed by atoms with Gasteiger partial charge in [0, 0.05) is 11.4 Å². The van der Waals surface area contributed by atoms with Crippen molar-refractivity contribution in [3.8, 4) is 0 Å². The summed E-state index contributed by atoms with van der Waals surface area (Å²) < 4.78 is 0. The Balaban J connectivity index is 2.04. The molecule has 0 aliphatic rings. The van der Waals surface area contributed by atoms with Gasteiger partial charge in [-0.1, -0.05) is 11.6 Å². The first-order valence-corrected chi connectivity index (χ1v) is 6.05. The average Bonchev–Trinajstić information content (AvgIpc) is 2.60. The number of aromatic nitrogens is 3. The number of hydrogen-bond donors (Lipinski definition) is 1. The van der Waals surface area contributed by atoms with Gasteiger partial charge in [0.1, 0.15) is 16.8 Å². The molecule has 0 aliphatic heterocycles. The molecule has 0 aromatic carbocycles. The van der Waals surface area contributed by atoms with Crippen molar-refractivity contribution in [1.29, 1.82) is 0 Å². The van der Waals surface area contributed by atoms with Crippen LogP contribution in [0.25, 0.3) is 0 Å². The van der Waals surface area contributed by atoms with Gasteiger partial charge in [-0.3, -0.25) is 0 Å². The van der Waals surface area contributed by atoms with Crippen LogP contribution < -0.4 is 5.32 Å². The maximum atomic E-state index is 5.83. The van der Waals surface area contributed by atoms with Crippen molar-refractivity contribution in [3.63, 3.8) is 0 Å². The number of halogens is 1. The van der Waals surface area contributed by atoms with E-state index in [1.54, 1.807) is 17.4 Å². The molecule has 0 unspecified atom stereocenters. The van der Waals surface area contributed by atoms with Crippen molar-refractivity contribution in [1.82, 2.24) is 15.0 Å². The van der Waals surface area contributed by atoms with E-state index >= 15 is 0 Å². The van der Waals surface area contributed by atoms with Crippen molar-refractivity contribution >= 4 is 28.8 Å². The number of rotatable bonds is 3. The minimum Gasteiger partial charge on any atom is -0.364 e. The second-order valence-electron chi connectivity index (χ2n) is 3.33. The summed E-state index contributed by atoms with van der Waals surface area (Å²) in [5.74, 6) is 1.38. The summed E-state index contributed by atoms with van der Waals surface area (Å²) in [6, 6.07) is 1.70. The molecular weight excluding hydrogens is 244 g/mol. The summed E-state index contributed by atoms with van der Waals surface area (Å²) in [6.45, 7) is 4.45. The molecule has 0 fully saturated rings. The van der Waals surface area contributed by atoms with Crippen LogP contribution in [-0.4, -0.2) is 15.0 Å². The van der Waals surface area contributed by atoms with Gasteiger partial charge >= 0.3 is 0 Å². The lowest BCUT2D eigenvalue weighted by Crippen LogP contribution is -2.03. The molecule has 0 amide bonds. The summed E-state index contributed by atoms with van der Waals surface area (Å²) in [7, 11) is 0. The van der Waals surface area contributed by atoms with Gasteiger partial charge in [0.05, 0.1) is 17.2 Å². The Morgan fingerprint density at radius 1 is 1.31 bits per heavy atom. The van der Waals surface area contributed by atoms with Gasteiger partial charge in [-0.05, 0) is 13.8 Å². The van der Waals surface area contributed by atoms with E-state index in [2.05, 4.69) is 20.3 Å². The normalized spacial score (nSPS) is 10.4. The molecule has 0 saturated heterocycles. The molecule has 2 aromatic heterocycles. The quantitative estimate of drug-likeness (QED) is 0.856. The van der Waals surface area contributed by atoms with Crippen molar-refractivity contribution in [3.05, 3.63) is 33.1 Å². The highest BCUT2D eigenvalue weighted by Crippen LogP contribution is 2.13. The molecule has 0 radical (unpaired) electrons. The van der Waals surface area contributed by atoms with Gasteiger partial charge in [0.2, 0.25) is 0 Å². The summed E-state index contributed by atoms with van der Waals surface area (Å²) in [5, 5.41) is 6.70. The average molecular weight is 255 g/mol. The van der Waals surface area contributed by atoms with Crippen LogP contribution >= 0.6 is 22.9 Å². The maximum Gasteiger partial charge on any atom is 0.134 e. The highest BCUT2D eigenvalue weighted by molar-refractivity contribution is 7.09. The second-order valence-corrected chi connectivity index (χ2v) is 4.78. The zero-order valence-electron chi connectivity index (χ0n) is 8.99. The summed E-state index contributed by atoms with van der Waals surface area (Å²) >= 11 is 7.47. The summed E-state index contributed by atoms with van der Waals surface area (Å²) in [4.78, 5) is 12.6. The minimum absolute atomic E-state index is 0.449. The molecule has 84 valence electrons. The lowest BCUT2D eigenvalue weighted by atomic mass is 10.4. The Hall–Kier alpha value is -1.20. The smallest absolute Gasteiger partial charge is 0.134 e. The van der Waals surface area contributed by atoms with E-state index in [9.17, 15) is 0 Å². The van der Waals surface area contributed by atoms with Gasteiger partial charge in [-0.2, -0.15) is 0 Å². The van der Waals surface area contributed by atoms with E-state index in [1.165, 1.54) is 0 Å². The predicted octanol–water partition coefficient (Wildman–Crippen LogP) is 2.82. The van der Waals surface area contributed by atoms with E-state index < -0.39 is 0 Å². The topological polar surface area (TPSA) is 50.7 Å². The van der Waals surface area contributed by atoms with Crippen LogP contribution in [0.15, 0.2) is 11.4 Å². The molecule has 2 heterocycles. The van der Waals surface area contributed by atoms with Crippen LogP contribution in [-0.2, 0) is 6.54 Å². The van der Waals surface area contributed by atoms with Crippen LogP contribution in [0.3, 0.4) is 0 Å². The number of thiazole rings is 1. The molecule has 0 atom stereocenters. The third kappa shape index (κ3) is 2.90. The van der Waals surface area contributed by atoms with Gasteiger partial charge in [-0.15, -0.1) is 11.3 Å². The molecule has 0 bridgehead atoms. The van der Waals surface area contributed by atoms with E-state index in [4.69, 9.17) is 11.6 Å². The Morgan fingerprint density at radius 3 is 2.75 bits per heavy atom. The number of anilines is 1. The maximum absolute atomic E-state index is 5.83. The highest BCUT2D eigenvalue weighted by Gasteiger charge is 2.01. The third-order valence-corrected chi connectivity index (χ3v) is 2.94. The van der Waals surface area contributed by atoms with Crippen LogP contribution in [0.2, 0.25) is 5.15 Å². The van der Waals surface area contributed by atoms with E-state index in [-0.39, 0.29) is 0 Å². The largest absolute Gasteiger partial charge is 0.364 e. The van der Waals surface area contributed by atoms with Gasteiger partial charge < -0.3 is 5.32 Å². The highest BCUT2D eigenvalue weighted by atomic mass is 35.5. The van der Waals surface area contributed by atoms with Crippen LogP contribution in [0, 0.1) is 13.8 Å².